The molecule has 0 spiro atoms. The second-order valence-electron chi connectivity index (χ2n) is 4.14. The van der Waals surface area contributed by atoms with Gasteiger partial charge in [-0.2, -0.15) is 11.8 Å². The maximum absolute atomic E-state index is 11.1. The summed E-state index contributed by atoms with van der Waals surface area (Å²) in [6.07, 6.45) is 3.41. The van der Waals surface area contributed by atoms with Crippen LogP contribution in [0.5, 0.6) is 0 Å². The number of hydrogen-bond donors (Lipinski definition) is 3. The van der Waals surface area contributed by atoms with Crippen LogP contribution in [0.3, 0.4) is 0 Å². The van der Waals surface area contributed by atoms with Gasteiger partial charge in [-0.3, -0.25) is 0 Å². The maximum atomic E-state index is 11.1. The van der Waals surface area contributed by atoms with E-state index in [1.54, 1.807) is 6.92 Å². The largest absolute Gasteiger partial charge is 0.478 e. The lowest BCUT2D eigenvalue weighted by Gasteiger charge is -2.23. The first-order chi connectivity index (χ1) is 8.35. The summed E-state index contributed by atoms with van der Waals surface area (Å²) in [5.74, 6) is -0.248. The highest BCUT2D eigenvalue weighted by Gasteiger charge is 2.21. The third kappa shape index (κ3) is 4.47. The lowest BCUT2D eigenvalue weighted by Crippen LogP contribution is -2.36. The second-order valence-corrected chi connectivity index (χ2v) is 5.92. The third-order valence-electron chi connectivity index (χ3n) is 2.18. The van der Waals surface area contributed by atoms with Crippen LogP contribution in [0.1, 0.15) is 17.3 Å². The Morgan fingerprint density at radius 3 is 2.89 bits per heavy atom. The van der Waals surface area contributed by atoms with Crippen molar-refractivity contribution in [1.29, 1.82) is 0 Å². The first kappa shape index (κ1) is 15.3. The summed E-state index contributed by atoms with van der Waals surface area (Å²) in [5, 5.41) is 21.9. The molecule has 0 radical (unpaired) electrons. The van der Waals surface area contributed by atoms with Crippen LogP contribution in [0.25, 0.3) is 0 Å². The van der Waals surface area contributed by atoms with Gasteiger partial charge in [-0.05, 0) is 35.2 Å². The average molecular weight is 335 g/mol. The van der Waals surface area contributed by atoms with Crippen LogP contribution in [0.2, 0.25) is 0 Å². The van der Waals surface area contributed by atoms with Gasteiger partial charge in [-0.15, -0.1) is 0 Å². The monoisotopic (exact) mass is 334 g/mol. The quantitative estimate of drug-likeness (QED) is 0.738. The normalized spacial score (nSPS) is 14.0. The summed E-state index contributed by atoms with van der Waals surface area (Å²) >= 11 is 4.70. The summed E-state index contributed by atoms with van der Waals surface area (Å²) in [6.45, 7) is 1.93. The zero-order valence-electron chi connectivity index (χ0n) is 10.1. The van der Waals surface area contributed by atoms with E-state index in [0.717, 1.165) is 0 Å². The van der Waals surface area contributed by atoms with E-state index in [-0.39, 0.29) is 17.9 Å². The van der Waals surface area contributed by atoms with Crippen molar-refractivity contribution < 1.29 is 15.0 Å². The molecule has 100 valence electrons. The number of carboxylic acids is 1. The fourth-order valence-corrected chi connectivity index (χ4v) is 2.43. The summed E-state index contributed by atoms with van der Waals surface area (Å²) in [4.78, 5) is 15.1. The number of hydrogen-bond acceptors (Lipinski definition) is 5. The van der Waals surface area contributed by atoms with E-state index in [1.807, 2.05) is 6.26 Å². The Balaban J connectivity index is 2.82. The van der Waals surface area contributed by atoms with Crippen molar-refractivity contribution in [2.45, 2.75) is 12.5 Å². The van der Waals surface area contributed by atoms with E-state index in [1.165, 1.54) is 24.0 Å². The molecule has 7 heteroatoms. The van der Waals surface area contributed by atoms with Crippen LogP contribution in [-0.2, 0) is 0 Å². The van der Waals surface area contributed by atoms with Gasteiger partial charge in [0, 0.05) is 23.0 Å². The lowest BCUT2D eigenvalue weighted by atomic mass is 10.1. The van der Waals surface area contributed by atoms with E-state index in [0.29, 0.717) is 10.2 Å². The highest BCUT2D eigenvalue weighted by Crippen LogP contribution is 2.19. The number of halogens is 1. The lowest BCUT2D eigenvalue weighted by molar-refractivity contribution is 0.0696. The van der Waals surface area contributed by atoms with Crippen LogP contribution in [0, 0.1) is 0 Å². The van der Waals surface area contributed by atoms with Crippen LogP contribution >= 0.6 is 27.7 Å². The van der Waals surface area contributed by atoms with Crippen molar-refractivity contribution in [2.75, 3.05) is 23.9 Å². The SMILES string of the molecule is CSCC(C)(O)CNc1ncc(Br)cc1C(=O)O. The molecule has 0 aromatic carbocycles. The molecule has 0 fully saturated rings. The van der Waals surface area contributed by atoms with E-state index in [9.17, 15) is 9.90 Å². The molecule has 18 heavy (non-hydrogen) atoms. The van der Waals surface area contributed by atoms with Gasteiger partial charge < -0.3 is 15.5 Å². The molecule has 0 bridgehead atoms. The molecule has 0 aliphatic carbocycles. The Kier molecular flexibility index (Phi) is 5.43. The number of aromatic carboxylic acids is 1. The van der Waals surface area contributed by atoms with Gasteiger partial charge in [0.2, 0.25) is 0 Å². The summed E-state index contributed by atoms with van der Waals surface area (Å²) < 4.78 is 0.598. The molecular formula is C11H15BrN2O3S. The fourth-order valence-electron chi connectivity index (χ4n) is 1.38. The average Bonchev–Trinajstić information content (AvgIpc) is 2.27. The highest BCUT2D eigenvalue weighted by molar-refractivity contribution is 9.10. The number of aromatic nitrogens is 1. The number of anilines is 1. The number of carboxylic acid groups (broad SMARTS) is 1. The van der Waals surface area contributed by atoms with E-state index < -0.39 is 11.6 Å². The Morgan fingerprint density at radius 1 is 1.67 bits per heavy atom. The number of thioether (sulfide) groups is 1. The molecule has 1 unspecified atom stereocenters. The number of carbonyl (C=O) groups is 1. The number of rotatable bonds is 6. The molecule has 0 amide bonds. The molecule has 5 nitrogen and oxygen atoms in total. The summed E-state index contributed by atoms with van der Waals surface area (Å²) in [5.41, 5.74) is -0.839. The van der Waals surface area contributed by atoms with Crippen LogP contribution < -0.4 is 5.32 Å². The number of pyridine rings is 1. The zero-order chi connectivity index (χ0) is 13.8. The van der Waals surface area contributed by atoms with Crippen molar-refractivity contribution >= 4 is 39.5 Å². The molecule has 1 aromatic rings. The first-order valence-electron chi connectivity index (χ1n) is 5.20. The molecule has 1 atom stereocenters. The van der Waals surface area contributed by atoms with Crippen molar-refractivity contribution in [3.63, 3.8) is 0 Å². The standard InChI is InChI=1S/C11H15BrN2O3S/c1-11(17,6-18-2)5-14-9-8(10(15)16)3-7(12)4-13-9/h3-4,17H,5-6H2,1-2H3,(H,13,14)(H,15,16). The molecule has 1 heterocycles. The zero-order valence-corrected chi connectivity index (χ0v) is 12.5. The van der Waals surface area contributed by atoms with Crippen molar-refractivity contribution in [1.82, 2.24) is 4.98 Å². The molecule has 1 aromatic heterocycles. The van der Waals surface area contributed by atoms with E-state index in [4.69, 9.17) is 5.11 Å². The summed E-state index contributed by atoms with van der Waals surface area (Å²) in [7, 11) is 0. The highest BCUT2D eigenvalue weighted by atomic mass is 79.9. The second kappa shape index (κ2) is 6.40. The van der Waals surface area contributed by atoms with Crippen LogP contribution in [0.4, 0.5) is 5.82 Å². The van der Waals surface area contributed by atoms with E-state index in [2.05, 4.69) is 26.2 Å². The predicted octanol–water partition coefficient (Wildman–Crippen LogP) is 2.07. The molecule has 3 N–H and O–H groups in total. The predicted molar refractivity (Wildman–Crippen MR) is 76.4 cm³/mol. The molecule has 0 aliphatic heterocycles. The van der Waals surface area contributed by atoms with Gasteiger partial charge in [0.1, 0.15) is 11.4 Å². The number of nitrogens with one attached hydrogen (secondary N) is 1. The smallest absolute Gasteiger partial charge is 0.339 e. The maximum Gasteiger partial charge on any atom is 0.339 e. The van der Waals surface area contributed by atoms with Gasteiger partial charge in [-0.25, -0.2) is 9.78 Å². The van der Waals surface area contributed by atoms with Gasteiger partial charge >= 0.3 is 5.97 Å². The Hall–Kier alpha value is -0.790. The topological polar surface area (TPSA) is 82.5 Å². The molecule has 0 aliphatic rings. The Bertz CT molecular complexity index is 440. The van der Waals surface area contributed by atoms with Crippen molar-refractivity contribution in [2.24, 2.45) is 0 Å². The molecule has 0 saturated carbocycles. The summed E-state index contributed by atoms with van der Waals surface area (Å²) in [6, 6.07) is 1.47. The molecule has 1 rings (SSSR count). The van der Waals surface area contributed by atoms with Crippen molar-refractivity contribution in [3.05, 3.63) is 22.3 Å². The Morgan fingerprint density at radius 2 is 2.33 bits per heavy atom. The molecule has 0 saturated heterocycles. The van der Waals surface area contributed by atoms with Crippen molar-refractivity contribution in [3.8, 4) is 0 Å². The van der Waals surface area contributed by atoms with Gasteiger partial charge in [0.15, 0.2) is 0 Å². The first-order valence-corrected chi connectivity index (χ1v) is 7.38. The van der Waals surface area contributed by atoms with Crippen LogP contribution in [-0.4, -0.2) is 45.3 Å². The Labute approximate surface area is 118 Å². The van der Waals surface area contributed by atoms with E-state index >= 15 is 0 Å². The molecular weight excluding hydrogens is 320 g/mol. The third-order valence-corrected chi connectivity index (χ3v) is 3.52. The fraction of sp³-hybridized carbons (Fsp3) is 0.455. The minimum absolute atomic E-state index is 0.0735. The van der Waals surface area contributed by atoms with Crippen LogP contribution in [0.15, 0.2) is 16.7 Å². The van der Waals surface area contributed by atoms with Gasteiger partial charge in [0.05, 0.1) is 5.60 Å². The van der Waals surface area contributed by atoms with Gasteiger partial charge in [0.25, 0.3) is 0 Å². The van der Waals surface area contributed by atoms with Gasteiger partial charge in [-0.1, -0.05) is 0 Å². The minimum Gasteiger partial charge on any atom is -0.478 e. The number of nitrogens with zero attached hydrogens (tertiary/aromatic N) is 1. The number of aliphatic hydroxyl groups is 1. The minimum atomic E-state index is -1.06.